The van der Waals surface area contributed by atoms with E-state index >= 15 is 0 Å². The highest BCUT2D eigenvalue weighted by Crippen LogP contribution is 2.45. The van der Waals surface area contributed by atoms with Gasteiger partial charge in [0.25, 0.3) is 0 Å². The predicted octanol–water partition coefficient (Wildman–Crippen LogP) is 25.3. The van der Waals surface area contributed by atoms with Crippen LogP contribution in [-0.4, -0.2) is 96.7 Å². The number of carbonyl (C=O) groups is 4. The van der Waals surface area contributed by atoms with Crippen molar-refractivity contribution in [3.8, 4) is 0 Å². The zero-order valence-corrected chi connectivity index (χ0v) is 69.6. The molecule has 0 fully saturated rings. The van der Waals surface area contributed by atoms with Crippen molar-refractivity contribution in [2.45, 2.75) is 458 Å². The third-order valence-corrected chi connectivity index (χ3v) is 22.3. The lowest BCUT2D eigenvalue weighted by molar-refractivity contribution is -0.161. The van der Waals surface area contributed by atoms with Gasteiger partial charge in [0, 0.05) is 25.7 Å². The highest BCUT2D eigenvalue weighted by Gasteiger charge is 2.30. The first-order chi connectivity index (χ1) is 49.8. The Kier molecular flexibility index (Phi) is 72.8. The molecule has 0 spiro atoms. The van der Waals surface area contributed by atoms with Crippen LogP contribution in [0.1, 0.15) is 440 Å². The summed E-state index contributed by atoms with van der Waals surface area (Å²) in [5.74, 6) is 0.377. The van der Waals surface area contributed by atoms with Crippen LogP contribution in [0.2, 0.25) is 0 Å². The van der Waals surface area contributed by atoms with Crippen molar-refractivity contribution in [3.63, 3.8) is 0 Å². The number of hydrogen-bond donors (Lipinski definition) is 3. The molecule has 0 bridgehead atoms. The first-order valence-corrected chi connectivity index (χ1v) is 46.4. The number of phosphoric ester groups is 2. The van der Waals surface area contributed by atoms with E-state index in [0.29, 0.717) is 25.7 Å². The van der Waals surface area contributed by atoms with Crippen molar-refractivity contribution in [3.05, 3.63) is 0 Å². The van der Waals surface area contributed by atoms with E-state index < -0.39 is 97.5 Å². The fourth-order valence-electron chi connectivity index (χ4n) is 13.0. The van der Waals surface area contributed by atoms with Crippen LogP contribution in [0, 0.1) is 17.8 Å². The minimum Gasteiger partial charge on any atom is -0.462 e. The summed E-state index contributed by atoms with van der Waals surface area (Å²) < 4.78 is 68.7. The minimum atomic E-state index is -4.96. The highest BCUT2D eigenvalue weighted by atomic mass is 31.2. The number of esters is 4. The summed E-state index contributed by atoms with van der Waals surface area (Å²) in [4.78, 5) is 73.0. The molecular weight excluding hydrogens is 1340 g/mol. The van der Waals surface area contributed by atoms with Gasteiger partial charge in [-0.3, -0.25) is 37.3 Å². The molecule has 19 heteroatoms. The largest absolute Gasteiger partial charge is 0.472 e. The Hall–Kier alpha value is -1.94. The van der Waals surface area contributed by atoms with E-state index in [1.54, 1.807) is 0 Å². The lowest BCUT2D eigenvalue weighted by Gasteiger charge is -2.21. The van der Waals surface area contributed by atoms with Gasteiger partial charge in [-0.1, -0.05) is 389 Å². The summed E-state index contributed by atoms with van der Waals surface area (Å²) in [6.07, 6.45) is 63.9. The molecule has 0 aromatic carbocycles. The first kappa shape index (κ1) is 101. The maximum Gasteiger partial charge on any atom is 0.472 e. The molecule has 612 valence electrons. The van der Waals surface area contributed by atoms with Crippen LogP contribution in [0.25, 0.3) is 0 Å². The average Bonchev–Trinajstić information content (AvgIpc) is 0.908. The van der Waals surface area contributed by atoms with Crippen molar-refractivity contribution in [1.82, 2.24) is 0 Å². The SMILES string of the molecule is CCCCCCCCCCC(=O)OC[C@H](COP(=O)(O)OC[C@H](O)COP(=O)(O)OC[C@@H](COC(=O)CCCCCCCCCCCCCCCCCCC(C)C)OC(=O)CCCCCCCCCCCCCCCCCCCCC(C)CC)OC(=O)CCCCCCCCCCCCC(C)CC. The Balaban J connectivity index is 5.19. The van der Waals surface area contributed by atoms with Crippen molar-refractivity contribution < 1.29 is 80.2 Å². The fourth-order valence-corrected chi connectivity index (χ4v) is 14.5. The standard InChI is InChI=1S/C84H164O17P2/c1-8-11-12-13-14-44-51-58-65-81(86)94-71-79(100-84(89)68-61-54-47-40-34-33-37-43-50-57-64-77(7)10-3)73-98-102(90,91)96-69-78(85)70-97-103(92,93)99-74-80(72-95-82(87)66-59-52-45-38-31-27-23-20-19-21-25-29-35-41-48-55-62-75(4)5)101-83(88)67-60-53-46-39-32-28-24-18-16-15-17-22-26-30-36-42-49-56-63-76(6)9-2/h75-80,85H,8-74H2,1-7H3,(H,90,91)(H,92,93)/t76?,77?,78-,79+,80+/m0/s1. The lowest BCUT2D eigenvalue weighted by atomic mass is 9.99. The Morgan fingerprint density at radius 2 is 0.495 bits per heavy atom. The van der Waals surface area contributed by atoms with E-state index in [4.69, 9.17) is 37.0 Å². The quantitative estimate of drug-likeness (QED) is 0.0222. The van der Waals surface area contributed by atoms with E-state index in [0.717, 1.165) is 114 Å². The molecular formula is C84H164O17P2. The summed E-state index contributed by atoms with van der Waals surface area (Å²) in [6.45, 7) is 12.1. The second-order valence-corrected chi connectivity index (χ2v) is 34.1. The van der Waals surface area contributed by atoms with Crippen LogP contribution in [-0.2, 0) is 65.4 Å². The van der Waals surface area contributed by atoms with Gasteiger partial charge in [-0.2, -0.15) is 0 Å². The lowest BCUT2D eigenvalue weighted by Crippen LogP contribution is -2.30. The second kappa shape index (κ2) is 74.2. The van der Waals surface area contributed by atoms with Crippen molar-refractivity contribution in [2.24, 2.45) is 17.8 Å². The molecule has 0 aliphatic heterocycles. The van der Waals surface area contributed by atoms with Gasteiger partial charge in [0.15, 0.2) is 12.2 Å². The number of phosphoric acid groups is 2. The maximum atomic E-state index is 13.1. The summed E-state index contributed by atoms with van der Waals surface area (Å²) in [5.41, 5.74) is 0. The van der Waals surface area contributed by atoms with Gasteiger partial charge in [0.1, 0.15) is 19.3 Å². The van der Waals surface area contributed by atoms with E-state index in [9.17, 15) is 43.2 Å². The molecule has 0 heterocycles. The number of aliphatic hydroxyl groups excluding tert-OH is 1. The molecule has 3 N–H and O–H groups in total. The molecule has 0 aliphatic rings. The average molecular weight is 1510 g/mol. The predicted molar refractivity (Wildman–Crippen MR) is 423 cm³/mol. The number of hydrogen-bond acceptors (Lipinski definition) is 15. The number of aliphatic hydroxyl groups is 1. The van der Waals surface area contributed by atoms with Gasteiger partial charge >= 0.3 is 39.5 Å². The van der Waals surface area contributed by atoms with Crippen LogP contribution < -0.4 is 0 Å². The monoisotopic (exact) mass is 1510 g/mol. The smallest absolute Gasteiger partial charge is 0.462 e. The Bertz CT molecular complexity index is 2000. The van der Waals surface area contributed by atoms with Gasteiger partial charge < -0.3 is 33.8 Å². The molecule has 0 radical (unpaired) electrons. The highest BCUT2D eigenvalue weighted by molar-refractivity contribution is 7.47. The van der Waals surface area contributed by atoms with Gasteiger partial charge in [0.2, 0.25) is 0 Å². The summed E-state index contributed by atoms with van der Waals surface area (Å²) in [7, 11) is -9.92. The topological polar surface area (TPSA) is 237 Å². The van der Waals surface area contributed by atoms with Gasteiger partial charge in [-0.25, -0.2) is 9.13 Å². The third kappa shape index (κ3) is 75.3. The van der Waals surface area contributed by atoms with E-state index in [1.165, 1.54) is 244 Å². The normalized spacial score (nSPS) is 14.4. The van der Waals surface area contributed by atoms with Gasteiger partial charge in [-0.15, -0.1) is 0 Å². The molecule has 7 atom stereocenters. The summed E-state index contributed by atoms with van der Waals surface area (Å²) >= 11 is 0. The second-order valence-electron chi connectivity index (χ2n) is 31.2. The van der Waals surface area contributed by atoms with E-state index in [1.807, 2.05) is 0 Å². The first-order valence-electron chi connectivity index (χ1n) is 43.4. The van der Waals surface area contributed by atoms with Crippen LogP contribution in [0.15, 0.2) is 0 Å². The maximum absolute atomic E-state index is 13.1. The van der Waals surface area contributed by atoms with Gasteiger partial charge in [0.05, 0.1) is 26.4 Å². The molecule has 0 aromatic heterocycles. The molecule has 0 amide bonds. The number of unbranched alkanes of at least 4 members (excludes halogenated alkanes) is 48. The van der Waals surface area contributed by atoms with E-state index in [-0.39, 0.29) is 25.7 Å². The van der Waals surface area contributed by atoms with Crippen molar-refractivity contribution in [2.75, 3.05) is 39.6 Å². The number of carbonyl (C=O) groups excluding carboxylic acids is 4. The van der Waals surface area contributed by atoms with Crippen LogP contribution in [0.4, 0.5) is 0 Å². The Morgan fingerprint density at radius 1 is 0.282 bits per heavy atom. The van der Waals surface area contributed by atoms with Crippen LogP contribution in [0.3, 0.4) is 0 Å². The summed E-state index contributed by atoms with van der Waals surface area (Å²) in [6, 6.07) is 0. The van der Waals surface area contributed by atoms with Crippen LogP contribution >= 0.6 is 15.6 Å². The third-order valence-electron chi connectivity index (χ3n) is 20.4. The molecule has 0 aliphatic carbocycles. The molecule has 17 nitrogen and oxygen atoms in total. The molecule has 0 saturated carbocycles. The zero-order chi connectivity index (χ0) is 75.8. The fraction of sp³-hybridized carbons (Fsp3) is 0.952. The number of rotatable bonds is 82. The van der Waals surface area contributed by atoms with Crippen molar-refractivity contribution >= 4 is 39.5 Å². The van der Waals surface area contributed by atoms with Crippen LogP contribution in [0.5, 0.6) is 0 Å². The number of ether oxygens (including phenoxy) is 4. The molecule has 4 unspecified atom stereocenters. The Morgan fingerprint density at radius 3 is 0.738 bits per heavy atom. The molecule has 103 heavy (non-hydrogen) atoms. The zero-order valence-electron chi connectivity index (χ0n) is 67.8. The minimum absolute atomic E-state index is 0.106. The molecule has 0 saturated heterocycles. The molecule has 0 aromatic rings. The van der Waals surface area contributed by atoms with Crippen molar-refractivity contribution in [1.29, 1.82) is 0 Å². The Labute approximate surface area is 632 Å². The molecule has 0 rings (SSSR count). The van der Waals surface area contributed by atoms with Gasteiger partial charge in [-0.05, 0) is 43.4 Å². The summed E-state index contributed by atoms with van der Waals surface area (Å²) in [5, 5.41) is 10.6. The van der Waals surface area contributed by atoms with E-state index in [2.05, 4.69) is 48.5 Å².